The molecule has 1 saturated heterocycles. The molecule has 19 heavy (non-hydrogen) atoms. The van der Waals surface area contributed by atoms with Crippen molar-refractivity contribution < 1.29 is 14.6 Å². The maximum Gasteiger partial charge on any atom is 0.306 e. The molecule has 2 unspecified atom stereocenters. The van der Waals surface area contributed by atoms with Crippen LogP contribution in [0.2, 0.25) is 0 Å². The van der Waals surface area contributed by atoms with Crippen molar-refractivity contribution in [2.75, 3.05) is 12.9 Å². The quantitative estimate of drug-likeness (QED) is 0.838. The van der Waals surface area contributed by atoms with Crippen LogP contribution in [0.25, 0.3) is 0 Å². The molecular formula is C11H18N4O3S. The molecule has 2 rings (SSSR count). The molecule has 0 bridgehead atoms. The molecule has 1 aliphatic rings. The molecule has 0 saturated carbocycles. The van der Waals surface area contributed by atoms with Crippen molar-refractivity contribution in [1.29, 1.82) is 0 Å². The van der Waals surface area contributed by atoms with Crippen LogP contribution < -0.4 is 0 Å². The summed E-state index contributed by atoms with van der Waals surface area (Å²) in [5, 5.41) is 20.9. The van der Waals surface area contributed by atoms with E-state index in [1.165, 1.54) is 20.0 Å². The summed E-state index contributed by atoms with van der Waals surface area (Å²) in [4.78, 5) is 10.7. The molecular weight excluding hydrogens is 268 g/mol. The number of rotatable bonds is 6. The molecule has 7 nitrogen and oxygen atoms in total. The minimum absolute atomic E-state index is 0.0480. The number of ether oxygens (including phenoxy) is 1. The van der Waals surface area contributed by atoms with Crippen molar-refractivity contribution >= 4 is 17.7 Å². The Morgan fingerprint density at radius 2 is 2.47 bits per heavy atom. The van der Waals surface area contributed by atoms with Gasteiger partial charge in [-0.1, -0.05) is 6.42 Å². The van der Waals surface area contributed by atoms with Crippen LogP contribution in [0, 0.1) is 0 Å². The van der Waals surface area contributed by atoms with Gasteiger partial charge in [0.15, 0.2) is 5.82 Å². The van der Waals surface area contributed by atoms with Crippen LogP contribution >= 0.6 is 11.8 Å². The third-order valence-electron chi connectivity index (χ3n) is 3.14. The largest absolute Gasteiger partial charge is 0.481 e. The SMILES string of the molecule is COC(CC(=O)O)Cn1nnnc1C1CCCCS1. The molecule has 1 aromatic heterocycles. The van der Waals surface area contributed by atoms with Crippen LogP contribution in [0.4, 0.5) is 0 Å². The standard InChI is InChI=1S/C11H18N4O3S/c1-18-8(6-10(16)17)7-15-11(12-13-14-15)9-4-2-3-5-19-9/h8-9H,2-7H2,1H3,(H,16,17). The summed E-state index contributed by atoms with van der Waals surface area (Å²) in [5.74, 6) is 1.08. The fourth-order valence-electron chi connectivity index (χ4n) is 2.13. The van der Waals surface area contributed by atoms with Crippen molar-refractivity contribution in [3.8, 4) is 0 Å². The smallest absolute Gasteiger partial charge is 0.306 e. The van der Waals surface area contributed by atoms with E-state index in [9.17, 15) is 4.79 Å². The van der Waals surface area contributed by atoms with Crippen molar-refractivity contribution in [2.45, 2.75) is 43.6 Å². The highest BCUT2D eigenvalue weighted by Gasteiger charge is 2.24. The lowest BCUT2D eigenvalue weighted by molar-refractivity contribution is -0.140. The number of methoxy groups -OCH3 is 1. The normalized spacial score (nSPS) is 21.2. The Labute approximate surface area is 115 Å². The number of tetrazole rings is 1. The lowest BCUT2D eigenvalue weighted by Gasteiger charge is -2.21. The van der Waals surface area contributed by atoms with Gasteiger partial charge in [0.25, 0.3) is 0 Å². The summed E-state index contributed by atoms with van der Waals surface area (Å²) in [5.41, 5.74) is 0. The molecule has 1 fully saturated rings. The van der Waals surface area contributed by atoms with Crippen molar-refractivity contribution in [1.82, 2.24) is 20.2 Å². The maximum absolute atomic E-state index is 10.7. The first-order chi connectivity index (χ1) is 9.20. The monoisotopic (exact) mass is 286 g/mol. The molecule has 0 radical (unpaired) electrons. The number of carbonyl (C=O) groups is 1. The zero-order valence-corrected chi connectivity index (χ0v) is 11.7. The zero-order valence-electron chi connectivity index (χ0n) is 10.9. The number of nitrogens with zero attached hydrogens (tertiary/aromatic N) is 4. The van der Waals surface area contributed by atoms with Crippen LogP contribution in [0.5, 0.6) is 0 Å². The van der Waals surface area contributed by atoms with Crippen molar-refractivity contribution in [3.05, 3.63) is 5.82 Å². The van der Waals surface area contributed by atoms with E-state index < -0.39 is 12.1 Å². The van der Waals surface area contributed by atoms with Gasteiger partial charge in [-0.15, -0.1) is 5.10 Å². The molecule has 0 aromatic carbocycles. The molecule has 1 aromatic rings. The molecule has 8 heteroatoms. The van der Waals surface area contributed by atoms with Crippen molar-refractivity contribution in [3.63, 3.8) is 0 Å². The Morgan fingerprint density at radius 3 is 3.11 bits per heavy atom. The Hall–Kier alpha value is -1.15. The Morgan fingerprint density at radius 1 is 1.63 bits per heavy atom. The molecule has 106 valence electrons. The summed E-state index contributed by atoms with van der Waals surface area (Å²) in [7, 11) is 1.51. The Bertz CT molecular complexity index is 420. The van der Waals surface area contributed by atoms with E-state index in [-0.39, 0.29) is 6.42 Å². The fourth-order valence-corrected chi connectivity index (χ4v) is 3.43. The lowest BCUT2D eigenvalue weighted by Crippen LogP contribution is -2.25. The molecule has 1 aliphatic heterocycles. The minimum Gasteiger partial charge on any atom is -0.481 e. The van der Waals surface area contributed by atoms with Gasteiger partial charge in [0.1, 0.15) is 0 Å². The highest BCUT2D eigenvalue weighted by atomic mass is 32.2. The first-order valence-corrected chi connectivity index (χ1v) is 7.38. The van der Waals surface area contributed by atoms with E-state index in [1.807, 2.05) is 11.8 Å². The Kier molecular flexibility index (Phi) is 5.15. The first-order valence-electron chi connectivity index (χ1n) is 6.33. The van der Waals surface area contributed by atoms with Gasteiger partial charge in [-0.05, 0) is 29.0 Å². The summed E-state index contributed by atoms with van der Waals surface area (Å²) in [6.07, 6.45) is 3.04. The third-order valence-corrected chi connectivity index (χ3v) is 4.51. The van der Waals surface area contributed by atoms with Gasteiger partial charge in [0.05, 0.1) is 24.3 Å². The first kappa shape index (κ1) is 14.3. The van der Waals surface area contributed by atoms with Crippen LogP contribution in [-0.4, -0.2) is 50.2 Å². The highest BCUT2D eigenvalue weighted by Crippen LogP contribution is 2.36. The number of carboxylic acids is 1. The van der Waals surface area contributed by atoms with Gasteiger partial charge < -0.3 is 9.84 Å². The second-order valence-electron chi connectivity index (χ2n) is 4.53. The summed E-state index contributed by atoms with van der Waals surface area (Å²) in [6, 6.07) is 0. The van der Waals surface area contributed by atoms with Crippen LogP contribution in [0.1, 0.15) is 36.8 Å². The average Bonchev–Trinajstić information content (AvgIpc) is 2.86. The van der Waals surface area contributed by atoms with Crippen molar-refractivity contribution in [2.24, 2.45) is 0 Å². The number of aliphatic carboxylic acids is 1. The fraction of sp³-hybridized carbons (Fsp3) is 0.818. The van der Waals surface area contributed by atoms with E-state index in [4.69, 9.17) is 9.84 Å². The third kappa shape index (κ3) is 3.90. The number of thioether (sulfide) groups is 1. The van der Waals surface area contributed by atoms with Crippen LogP contribution in [-0.2, 0) is 16.1 Å². The second-order valence-corrected chi connectivity index (χ2v) is 5.84. The molecule has 0 amide bonds. The molecule has 2 atom stereocenters. The topological polar surface area (TPSA) is 90.1 Å². The van der Waals surface area contributed by atoms with Gasteiger partial charge in [-0.25, -0.2) is 4.68 Å². The lowest BCUT2D eigenvalue weighted by atomic mass is 10.2. The number of carboxylic acid groups (broad SMARTS) is 1. The second kappa shape index (κ2) is 6.85. The van der Waals surface area contributed by atoms with Gasteiger partial charge in [0, 0.05) is 7.11 Å². The summed E-state index contributed by atoms with van der Waals surface area (Å²) >= 11 is 1.86. The zero-order chi connectivity index (χ0) is 13.7. The minimum atomic E-state index is -0.881. The van der Waals surface area contributed by atoms with E-state index in [2.05, 4.69) is 15.5 Å². The predicted molar refractivity (Wildman–Crippen MR) is 69.9 cm³/mol. The van der Waals surface area contributed by atoms with Gasteiger partial charge in [0.2, 0.25) is 0 Å². The van der Waals surface area contributed by atoms with Crippen LogP contribution in [0.3, 0.4) is 0 Å². The molecule has 1 N–H and O–H groups in total. The average molecular weight is 286 g/mol. The maximum atomic E-state index is 10.7. The van der Waals surface area contributed by atoms with Gasteiger partial charge >= 0.3 is 5.97 Å². The molecule has 0 spiro atoms. The van der Waals surface area contributed by atoms with Gasteiger partial charge in [-0.3, -0.25) is 4.79 Å². The van der Waals surface area contributed by atoms with E-state index >= 15 is 0 Å². The summed E-state index contributed by atoms with van der Waals surface area (Å²) < 4.78 is 6.85. The van der Waals surface area contributed by atoms with Crippen LogP contribution in [0.15, 0.2) is 0 Å². The molecule has 0 aliphatic carbocycles. The van der Waals surface area contributed by atoms with E-state index in [0.29, 0.717) is 11.8 Å². The molecule has 2 heterocycles. The number of hydrogen-bond acceptors (Lipinski definition) is 6. The highest BCUT2D eigenvalue weighted by molar-refractivity contribution is 7.99. The number of hydrogen-bond donors (Lipinski definition) is 1. The Balaban J connectivity index is 2.03. The van der Waals surface area contributed by atoms with Gasteiger partial charge in [-0.2, -0.15) is 11.8 Å². The van der Waals surface area contributed by atoms with E-state index in [1.54, 1.807) is 4.68 Å². The predicted octanol–water partition coefficient (Wildman–Crippen LogP) is 1.12. The van der Waals surface area contributed by atoms with E-state index in [0.717, 1.165) is 18.0 Å². The summed E-state index contributed by atoms with van der Waals surface area (Å²) in [6.45, 7) is 0.377. The number of aromatic nitrogens is 4.